The second kappa shape index (κ2) is 8.82. The second-order valence-corrected chi connectivity index (χ2v) is 8.96. The molecule has 0 saturated carbocycles. The van der Waals surface area contributed by atoms with Crippen molar-refractivity contribution in [1.82, 2.24) is 24.6 Å². The topological polar surface area (TPSA) is 85.2 Å². The summed E-state index contributed by atoms with van der Waals surface area (Å²) in [7, 11) is 3.38. The van der Waals surface area contributed by atoms with Crippen LogP contribution in [0.1, 0.15) is 4.88 Å². The molecule has 11 heteroatoms. The molecule has 8 nitrogen and oxygen atoms in total. The van der Waals surface area contributed by atoms with E-state index < -0.39 is 11.6 Å². The fourth-order valence-corrected chi connectivity index (χ4v) is 4.72. The number of likely N-dealkylation sites (N-methyl/N-ethyl adjacent to an activating group) is 1. The highest BCUT2D eigenvalue weighted by Gasteiger charge is 2.24. The lowest BCUT2D eigenvalue weighted by molar-refractivity contribution is -0.126. The SMILES string of the molecule is CN(C)C(=O)CNc1ccc2c(n1)-c1cc(-c3ncnn3-c3ccc(F)cc3F)sc1CCO2. The number of fused-ring (bicyclic) bond motifs is 3. The molecule has 0 fully saturated rings. The number of carbonyl (C=O) groups excluding carboxylic acids is 1. The summed E-state index contributed by atoms with van der Waals surface area (Å²) in [4.78, 5) is 24.3. The summed E-state index contributed by atoms with van der Waals surface area (Å²) in [5.41, 5.74) is 1.64. The standard InChI is InChI=1S/C23H20F2N6O2S/c1-30(2)21(32)11-26-20-6-5-17-22(29-20)14-10-19(34-18(14)7-8-33-17)23-27-12-28-31(23)16-4-3-13(24)9-15(16)25/h3-6,9-10,12H,7-8,11H2,1-2H3,(H,26,29). The number of benzene rings is 1. The van der Waals surface area contributed by atoms with Crippen LogP contribution in [0.3, 0.4) is 0 Å². The number of anilines is 1. The first-order valence-corrected chi connectivity index (χ1v) is 11.3. The molecule has 0 atom stereocenters. The predicted molar refractivity (Wildman–Crippen MR) is 124 cm³/mol. The number of thiophene rings is 1. The van der Waals surface area contributed by atoms with Gasteiger partial charge in [-0.2, -0.15) is 5.10 Å². The minimum atomic E-state index is -0.728. The molecule has 1 N–H and O–H groups in total. The van der Waals surface area contributed by atoms with E-state index in [-0.39, 0.29) is 18.1 Å². The van der Waals surface area contributed by atoms with Crippen LogP contribution in [0.15, 0.2) is 42.7 Å². The molecule has 0 bridgehead atoms. The number of nitrogens with one attached hydrogen (secondary N) is 1. The van der Waals surface area contributed by atoms with Crippen molar-refractivity contribution in [3.63, 3.8) is 0 Å². The van der Waals surface area contributed by atoms with Gasteiger partial charge in [0.2, 0.25) is 5.91 Å². The number of aromatic nitrogens is 4. The summed E-state index contributed by atoms with van der Waals surface area (Å²) in [5.74, 6) is 0.169. The van der Waals surface area contributed by atoms with Crippen LogP contribution in [0.5, 0.6) is 5.75 Å². The van der Waals surface area contributed by atoms with Gasteiger partial charge in [0, 0.05) is 37.0 Å². The molecule has 4 aromatic rings. The molecule has 34 heavy (non-hydrogen) atoms. The van der Waals surface area contributed by atoms with E-state index >= 15 is 0 Å². The Kier molecular flexibility index (Phi) is 5.70. The third-order valence-corrected chi connectivity index (χ3v) is 6.53. The first-order valence-electron chi connectivity index (χ1n) is 10.5. The molecule has 0 spiro atoms. The van der Waals surface area contributed by atoms with Crippen molar-refractivity contribution in [3.05, 3.63) is 59.2 Å². The smallest absolute Gasteiger partial charge is 0.241 e. The summed E-state index contributed by atoms with van der Waals surface area (Å²) in [6.45, 7) is 0.598. The van der Waals surface area contributed by atoms with Gasteiger partial charge < -0.3 is 15.0 Å². The van der Waals surface area contributed by atoms with Gasteiger partial charge in [-0.1, -0.05) is 0 Å². The van der Waals surface area contributed by atoms with Crippen molar-refractivity contribution in [1.29, 1.82) is 0 Å². The number of ether oxygens (including phenoxy) is 1. The van der Waals surface area contributed by atoms with E-state index in [4.69, 9.17) is 9.72 Å². The number of halogens is 2. The Morgan fingerprint density at radius 1 is 1.24 bits per heavy atom. The first kappa shape index (κ1) is 22.0. The van der Waals surface area contributed by atoms with Crippen molar-refractivity contribution < 1.29 is 18.3 Å². The molecule has 1 aromatic carbocycles. The van der Waals surface area contributed by atoms with E-state index in [2.05, 4.69) is 15.4 Å². The van der Waals surface area contributed by atoms with Crippen molar-refractivity contribution in [2.24, 2.45) is 0 Å². The monoisotopic (exact) mass is 482 g/mol. The van der Waals surface area contributed by atoms with Crippen LogP contribution in [0.25, 0.3) is 27.6 Å². The Balaban J connectivity index is 1.52. The molecule has 174 valence electrons. The zero-order valence-electron chi connectivity index (χ0n) is 18.4. The van der Waals surface area contributed by atoms with Gasteiger partial charge in [-0.3, -0.25) is 4.79 Å². The molecule has 5 rings (SSSR count). The normalized spacial score (nSPS) is 12.4. The predicted octanol–water partition coefficient (Wildman–Crippen LogP) is 3.77. The fraction of sp³-hybridized carbons (Fsp3) is 0.217. The average molecular weight is 483 g/mol. The Morgan fingerprint density at radius 2 is 2.09 bits per heavy atom. The first-order chi connectivity index (χ1) is 16.4. The van der Waals surface area contributed by atoms with Gasteiger partial charge in [0.25, 0.3) is 0 Å². The molecule has 0 saturated heterocycles. The van der Waals surface area contributed by atoms with Crippen molar-refractivity contribution in [3.8, 4) is 33.4 Å². The molecular formula is C23H20F2N6O2S. The highest BCUT2D eigenvalue weighted by molar-refractivity contribution is 7.16. The summed E-state index contributed by atoms with van der Waals surface area (Å²) >= 11 is 1.49. The Hall–Kier alpha value is -3.86. The summed E-state index contributed by atoms with van der Waals surface area (Å²) in [6, 6.07) is 8.86. The van der Waals surface area contributed by atoms with Crippen LogP contribution in [-0.4, -0.2) is 57.8 Å². The molecule has 4 heterocycles. The Morgan fingerprint density at radius 3 is 2.88 bits per heavy atom. The van der Waals surface area contributed by atoms with Crippen LogP contribution in [0.2, 0.25) is 0 Å². The molecule has 0 unspecified atom stereocenters. The number of pyridine rings is 1. The maximum atomic E-state index is 14.4. The molecule has 1 aliphatic rings. The van der Waals surface area contributed by atoms with Crippen LogP contribution >= 0.6 is 11.3 Å². The Labute approximate surface area is 197 Å². The lowest BCUT2D eigenvalue weighted by Gasteiger charge is -2.13. The molecular weight excluding hydrogens is 462 g/mol. The Bertz CT molecular complexity index is 1380. The van der Waals surface area contributed by atoms with Gasteiger partial charge in [0.15, 0.2) is 11.6 Å². The minimum Gasteiger partial charge on any atom is -0.491 e. The summed E-state index contributed by atoms with van der Waals surface area (Å²) < 4.78 is 35.1. The number of rotatable bonds is 5. The molecule has 3 aromatic heterocycles. The number of nitrogens with zero attached hydrogens (tertiary/aromatic N) is 5. The molecule has 0 radical (unpaired) electrons. The summed E-state index contributed by atoms with van der Waals surface area (Å²) in [5, 5.41) is 7.20. The van der Waals surface area contributed by atoms with Gasteiger partial charge in [-0.25, -0.2) is 23.4 Å². The maximum Gasteiger partial charge on any atom is 0.241 e. The average Bonchev–Trinajstić information content (AvgIpc) is 3.42. The lowest BCUT2D eigenvalue weighted by Crippen LogP contribution is -2.28. The number of hydrogen-bond donors (Lipinski definition) is 1. The number of hydrogen-bond acceptors (Lipinski definition) is 7. The van der Waals surface area contributed by atoms with E-state index in [1.807, 2.05) is 12.1 Å². The summed E-state index contributed by atoms with van der Waals surface area (Å²) in [6.07, 6.45) is 2.00. The minimum absolute atomic E-state index is 0.0705. The highest BCUT2D eigenvalue weighted by atomic mass is 32.1. The van der Waals surface area contributed by atoms with E-state index in [0.717, 1.165) is 21.4 Å². The lowest BCUT2D eigenvalue weighted by atomic mass is 10.1. The third-order valence-electron chi connectivity index (χ3n) is 5.33. The van der Waals surface area contributed by atoms with Crippen LogP contribution in [0, 0.1) is 11.6 Å². The van der Waals surface area contributed by atoms with Gasteiger partial charge in [-0.05, 0) is 30.3 Å². The zero-order chi connectivity index (χ0) is 23.8. The van der Waals surface area contributed by atoms with Gasteiger partial charge >= 0.3 is 0 Å². The molecule has 1 aliphatic heterocycles. The van der Waals surface area contributed by atoms with Crippen molar-refractivity contribution in [2.45, 2.75) is 6.42 Å². The van der Waals surface area contributed by atoms with Crippen LogP contribution in [-0.2, 0) is 11.2 Å². The quantitative estimate of drug-likeness (QED) is 0.466. The fourth-order valence-electron chi connectivity index (χ4n) is 3.60. The van der Waals surface area contributed by atoms with Gasteiger partial charge in [0.1, 0.15) is 35.1 Å². The van der Waals surface area contributed by atoms with Crippen molar-refractivity contribution >= 4 is 23.1 Å². The maximum absolute atomic E-state index is 14.4. The number of amides is 1. The van der Waals surface area contributed by atoms with Crippen LogP contribution in [0.4, 0.5) is 14.6 Å². The van der Waals surface area contributed by atoms with Crippen LogP contribution < -0.4 is 10.1 Å². The van der Waals surface area contributed by atoms with E-state index in [1.165, 1.54) is 39.4 Å². The van der Waals surface area contributed by atoms with E-state index in [0.29, 0.717) is 36.1 Å². The zero-order valence-corrected chi connectivity index (χ0v) is 19.2. The van der Waals surface area contributed by atoms with Gasteiger partial charge in [-0.15, -0.1) is 11.3 Å². The molecule has 0 aliphatic carbocycles. The van der Waals surface area contributed by atoms with Crippen molar-refractivity contribution in [2.75, 3.05) is 32.6 Å². The van der Waals surface area contributed by atoms with E-state index in [9.17, 15) is 13.6 Å². The second-order valence-electron chi connectivity index (χ2n) is 7.82. The molecule has 1 amide bonds. The van der Waals surface area contributed by atoms with Gasteiger partial charge in [0.05, 0.1) is 18.0 Å². The largest absolute Gasteiger partial charge is 0.491 e. The number of carbonyl (C=O) groups is 1. The third kappa shape index (κ3) is 4.10. The van der Waals surface area contributed by atoms with E-state index in [1.54, 1.807) is 20.2 Å². The highest BCUT2D eigenvalue weighted by Crippen LogP contribution is 2.42.